The van der Waals surface area contributed by atoms with Crippen LogP contribution in [0.1, 0.15) is 20.7 Å². The van der Waals surface area contributed by atoms with Crippen molar-refractivity contribution in [3.63, 3.8) is 0 Å². The maximum Gasteiger partial charge on any atom is 0.350 e. The molecule has 2 aromatic rings. The number of phenols is 1. The Morgan fingerprint density at radius 1 is 0.905 bits per heavy atom. The Labute approximate surface area is 119 Å². The van der Waals surface area contributed by atoms with Crippen molar-refractivity contribution in [1.29, 1.82) is 0 Å². The van der Waals surface area contributed by atoms with Gasteiger partial charge in [-0.05, 0) is 36.4 Å². The van der Waals surface area contributed by atoms with Crippen LogP contribution in [0.25, 0.3) is 0 Å². The first kappa shape index (κ1) is 13.0. The highest BCUT2D eigenvalue weighted by Gasteiger charge is 2.36. The maximum atomic E-state index is 11.7. The molecule has 0 amide bonds. The number of rotatable bonds is 3. The van der Waals surface area contributed by atoms with E-state index in [9.17, 15) is 14.7 Å². The van der Waals surface area contributed by atoms with Crippen molar-refractivity contribution in [3.8, 4) is 23.0 Å². The number of fused-ring (bicyclic) bond motifs is 1. The lowest BCUT2D eigenvalue weighted by Gasteiger charge is -2.09. The Morgan fingerprint density at radius 3 is 2.19 bits per heavy atom. The van der Waals surface area contributed by atoms with Gasteiger partial charge in [0.05, 0.1) is 7.11 Å². The van der Waals surface area contributed by atoms with Crippen molar-refractivity contribution in [1.82, 2.24) is 0 Å². The molecule has 0 fully saturated rings. The fraction of sp³-hybridized carbons (Fsp3) is 0.0667. The van der Waals surface area contributed by atoms with Crippen LogP contribution in [-0.2, 0) is 4.74 Å². The molecular formula is C15H10O6. The van der Waals surface area contributed by atoms with Gasteiger partial charge in [-0.15, -0.1) is 0 Å². The quantitative estimate of drug-likeness (QED) is 0.689. The van der Waals surface area contributed by atoms with E-state index in [-0.39, 0.29) is 22.6 Å². The molecule has 106 valence electrons. The number of ether oxygens (including phenoxy) is 3. The van der Waals surface area contributed by atoms with Gasteiger partial charge in [-0.1, -0.05) is 0 Å². The van der Waals surface area contributed by atoms with E-state index in [1.54, 1.807) is 31.4 Å². The Morgan fingerprint density at radius 2 is 1.52 bits per heavy atom. The van der Waals surface area contributed by atoms with Crippen LogP contribution in [-0.4, -0.2) is 24.2 Å². The van der Waals surface area contributed by atoms with E-state index in [1.165, 1.54) is 12.1 Å². The first-order valence-electron chi connectivity index (χ1n) is 6.04. The molecule has 1 aliphatic rings. The summed E-state index contributed by atoms with van der Waals surface area (Å²) in [6, 6.07) is 9.37. The van der Waals surface area contributed by atoms with E-state index in [0.29, 0.717) is 11.5 Å². The number of methoxy groups -OCH3 is 1. The summed E-state index contributed by atoms with van der Waals surface area (Å²) in [4.78, 5) is 23.2. The molecular weight excluding hydrogens is 276 g/mol. The van der Waals surface area contributed by atoms with E-state index in [4.69, 9.17) is 9.47 Å². The van der Waals surface area contributed by atoms with Gasteiger partial charge in [0, 0.05) is 0 Å². The average Bonchev–Trinajstić information content (AvgIpc) is 2.79. The number of benzene rings is 2. The van der Waals surface area contributed by atoms with Crippen molar-refractivity contribution in [2.24, 2.45) is 0 Å². The monoisotopic (exact) mass is 286 g/mol. The average molecular weight is 286 g/mol. The Kier molecular flexibility index (Phi) is 2.98. The lowest BCUT2D eigenvalue weighted by Crippen LogP contribution is -1.98. The molecule has 0 saturated carbocycles. The lowest BCUT2D eigenvalue weighted by atomic mass is 10.1. The summed E-state index contributed by atoms with van der Waals surface area (Å²) < 4.78 is 15.1. The number of aromatic hydroxyl groups is 1. The van der Waals surface area contributed by atoms with Gasteiger partial charge >= 0.3 is 11.9 Å². The van der Waals surface area contributed by atoms with E-state index in [0.717, 1.165) is 0 Å². The number of hydrogen-bond donors (Lipinski definition) is 1. The molecule has 1 heterocycles. The summed E-state index contributed by atoms with van der Waals surface area (Å²) in [6.45, 7) is 0. The third-order valence-corrected chi connectivity index (χ3v) is 3.03. The summed E-state index contributed by atoms with van der Waals surface area (Å²) in [6.07, 6.45) is 0. The number of cyclic esters (lactones) is 2. The van der Waals surface area contributed by atoms with Gasteiger partial charge in [-0.2, -0.15) is 0 Å². The van der Waals surface area contributed by atoms with Gasteiger partial charge in [-0.3, -0.25) is 0 Å². The molecule has 1 aliphatic heterocycles. The van der Waals surface area contributed by atoms with E-state index >= 15 is 0 Å². The maximum absolute atomic E-state index is 11.7. The topological polar surface area (TPSA) is 82.1 Å². The third-order valence-electron chi connectivity index (χ3n) is 3.03. The first-order chi connectivity index (χ1) is 10.1. The van der Waals surface area contributed by atoms with Crippen molar-refractivity contribution in [2.75, 3.05) is 7.11 Å². The summed E-state index contributed by atoms with van der Waals surface area (Å²) in [5, 5.41) is 9.65. The molecule has 0 unspecified atom stereocenters. The predicted molar refractivity (Wildman–Crippen MR) is 70.9 cm³/mol. The predicted octanol–water partition coefficient (Wildman–Crippen LogP) is 2.50. The molecule has 6 nitrogen and oxygen atoms in total. The molecule has 1 N–H and O–H groups in total. The second-order valence-corrected chi connectivity index (χ2v) is 4.29. The van der Waals surface area contributed by atoms with Crippen LogP contribution in [0.3, 0.4) is 0 Å². The number of carbonyl (C=O) groups is 2. The minimum absolute atomic E-state index is 0.0733. The largest absolute Gasteiger partial charge is 0.507 e. The van der Waals surface area contributed by atoms with Gasteiger partial charge in [0.2, 0.25) is 0 Å². The number of carbonyl (C=O) groups excluding carboxylic acids is 2. The number of esters is 2. The second kappa shape index (κ2) is 4.82. The number of phenolic OH excluding ortho intramolecular Hbond substituents is 1. The Balaban J connectivity index is 2.00. The van der Waals surface area contributed by atoms with E-state index in [2.05, 4.69) is 4.74 Å². The van der Waals surface area contributed by atoms with Crippen molar-refractivity contribution >= 4 is 11.9 Å². The normalized spacial score (nSPS) is 12.8. The Bertz CT molecular complexity index is 733. The van der Waals surface area contributed by atoms with Gasteiger partial charge in [0.15, 0.2) is 0 Å². The van der Waals surface area contributed by atoms with Crippen LogP contribution < -0.4 is 9.47 Å². The molecule has 0 aliphatic carbocycles. The zero-order valence-electron chi connectivity index (χ0n) is 11.0. The summed E-state index contributed by atoms with van der Waals surface area (Å²) in [5.41, 5.74) is -0.248. The minimum atomic E-state index is -0.882. The smallest absolute Gasteiger partial charge is 0.350 e. The zero-order valence-corrected chi connectivity index (χ0v) is 11.0. The molecule has 0 radical (unpaired) electrons. The fourth-order valence-electron chi connectivity index (χ4n) is 2.02. The summed E-state index contributed by atoms with van der Waals surface area (Å²) in [7, 11) is 1.55. The minimum Gasteiger partial charge on any atom is -0.507 e. The molecule has 6 heteroatoms. The van der Waals surface area contributed by atoms with E-state index < -0.39 is 11.9 Å². The molecule has 21 heavy (non-hydrogen) atoms. The van der Waals surface area contributed by atoms with Crippen LogP contribution >= 0.6 is 0 Å². The highest BCUT2D eigenvalue weighted by Crippen LogP contribution is 2.37. The van der Waals surface area contributed by atoms with Crippen LogP contribution in [0.4, 0.5) is 0 Å². The molecule has 0 saturated heterocycles. The van der Waals surface area contributed by atoms with Gasteiger partial charge in [0.1, 0.15) is 34.1 Å². The molecule has 0 spiro atoms. The second-order valence-electron chi connectivity index (χ2n) is 4.29. The Hall–Kier alpha value is -3.02. The standard InChI is InChI=1S/C15H10O6/c1-19-8-2-4-9(5-3-8)20-11-7-6-10(16)12-13(11)15(18)21-14(12)17/h2-7,16H,1H3. The van der Waals surface area contributed by atoms with Gasteiger partial charge in [0.25, 0.3) is 0 Å². The van der Waals surface area contributed by atoms with Gasteiger partial charge < -0.3 is 19.3 Å². The first-order valence-corrected chi connectivity index (χ1v) is 6.04. The lowest BCUT2D eigenvalue weighted by molar-refractivity contribution is 0.0442. The summed E-state index contributed by atoms with van der Waals surface area (Å²) in [5.74, 6) is -0.780. The summed E-state index contributed by atoms with van der Waals surface area (Å²) >= 11 is 0. The fourth-order valence-corrected chi connectivity index (χ4v) is 2.02. The van der Waals surface area contributed by atoms with Crippen LogP contribution in [0.2, 0.25) is 0 Å². The van der Waals surface area contributed by atoms with Gasteiger partial charge in [-0.25, -0.2) is 9.59 Å². The zero-order chi connectivity index (χ0) is 15.0. The van der Waals surface area contributed by atoms with Crippen molar-refractivity contribution in [2.45, 2.75) is 0 Å². The molecule has 0 bridgehead atoms. The van der Waals surface area contributed by atoms with Crippen LogP contribution in [0.5, 0.6) is 23.0 Å². The number of hydrogen-bond acceptors (Lipinski definition) is 6. The SMILES string of the molecule is COc1ccc(Oc2ccc(O)c3c2C(=O)OC3=O)cc1. The van der Waals surface area contributed by atoms with Crippen molar-refractivity contribution in [3.05, 3.63) is 47.5 Å². The highest BCUT2D eigenvalue weighted by molar-refractivity contribution is 6.17. The van der Waals surface area contributed by atoms with Crippen LogP contribution in [0, 0.1) is 0 Å². The molecule has 0 aromatic heterocycles. The third kappa shape index (κ3) is 2.16. The van der Waals surface area contributed by atoms with E-state index in [1.807, 2.05) is 0 Å². The van der Waals surface area contributed by atoms with Crippen LogP contribution in [0.15, 0.2) is 36.4 Å². The molecule has 2 aromatic carbocycles. The molecule has 3 rings (SSSR count). The van der Waals surface area contributed by atoms with Crippen molar-refractivity contribution < 1.29 is 28.9 Å². The highest BCUT2D eigenvalue weighted by atomic mass is 16.6. The molecule has 0 atom stereocenters.